The van der Waals surface area contributed by atoms with Gasteiger partial charge in [-0.25, -0.2) is 4.98 Å². The normalized spacial score (nSPS) is 12.2. The van der Waals surface area contributed by atoms with Gasteiger partial charge in [0, 0.05) is 7.05 Å². The maximum absolute atomic E-state index is 9.54. The summed E-state index contributed by atoms with van der Waals surface area (Å²) in [7, 11) is 3.50. The van der Waals surface area contributed by atoms with Gasteiger partial charge in [-0.05, 0) is 24.6 Å². The number of ether oxygens (including phenoxy) is 2. The van der Waals surface area contributed by atoms with Crippen molar-refractivity contribution in [3.05, 3.63) is 42.0 Å². The van der Waals surface area contributed by atoms with E-state index < -0.39 is 6.10 Å². The number of benzene rings is 1. The summed E-state index contributed by atoms with van der Waals surface area (Å²) in [6.45, 7) is 2.13. The topological polar surface area (TPSA) is 56.5 Å². The lowest BCUT2D eigenvalue weighted by Crippen LogP contribution is -2.03. The van der Waals surface area contributed by atoms with Crippen LogP contribution in [0, 0.1) is 0 Å². The van der Waals surface area contributed by atoms with Crippen molar-refractivity contribution in [2.45, 2.75) is 19.6 Å². The molecule has 0 saturated carbocycles. The van der Waals surface area contributed by atoms with Crippen molar-refractivity contribution in [1.29, 1.82) is 0 Å². The number of aryl methyl sites for hydroxylation is 1. The Hall–Kier alpha value is -2.01. The Morgan fingerprint density at radius 3 is 2.74 bits per heavy atom. The van der Waals surface area contributed by atoms with Gasteiger partial charge in [-0.1, -0.05) is 6.07 Å². The summed E-state index contributed by atoms with van der Waals surface area (Å²) in [4.78, 5) is 4.03. The van der Waals surface area contributed by atoms with Gasteiger partial charge in [-0.2, -0.15) is 0 Å². The van der Waals surface area contributed by atoms with Crippen LogP contribution in [0.4, 0.5) is 0 Å². The molecule has 1 unspecified atom stereocenters. The average Bonchev–Trinajstić information content (AvgIpc) is 2.81. The minimum absolute atomic E-state index is 0.418. The van der Waals surface area contributed by atoms with Crippen molar-refractivity contribution in [2.75, 3.05) is 7.11 Å². The van der Waals surface area contributed by atoms with Crippen LogP contribution in [0.3, 0.4) is 0 Å². The van der Waals surface area contributed by atoms with Crippen LogP contribution in [-0.2, 0) is 13.7 Å². The highest BCUT2D eigenvalue weighted by Crippen LogP contribution is 2.30. The molecule has 1 atom stereocenters. The second-order valence-electron chi connectivity index (χ2n) is 4.37. The summed E-state index contributed by atoms with van der Waals surface area (Å²) in [6.07, 6.45) is 2.96. The summed E-state index contributed by atoms with van der Waals surface area (Å²) >= 11 is 0. The number of hydrogen-bond acceptors (Lipinski definition) is 4. The highest BCUT2D eigenvalue weighted by molar-refractivity contribution is 5.43. The van der Waals surface area contributed by atoms with Gasteiger partial charge >= 0.3 is 0 Å². The van der Waals surface area contributed by atoms with E-state index in [9.17, 15) is 5.11 Å². The first-order valence-electron chi connectivity index (χ1n) is 6.06. The monoisotopic (exact) mass is 262 g/mol. The van der Waals surface area contributed by atoms with Crippen LogP contribution in [-0.4, -0.2) is 21.8 Å². The molecule has 0 bridgehead atoms. The lowest BCUT2D eigenvalue weighted by atomic mass is 10.1. The molecule has 0 amide bonds. The Labute approximate surface area is 112 Å². The number of aliphatic hydroxyl groups is 1. The Kier molecular flexibility index (Phi) is 4.06. The molecule has 5 heteroatoms. The molecule has 1 aromatic carbocycles. The van der Waals surface area contributed by atoms with Gasteiger partial charge in [0.15, 0.2) is 11.5 Å². The van der Waals surface area contributed by atoms with Crippen LogP contribution in [0.15, 0.2) is 30.7 Å². The fraction of sp³-hybridized carbons (Fsp3) is 0.357. The van der Waals surface area contributed by atoms with E-state index in [-0.39, 0.29) is 0 Å². The number of rotatable bonds is 5. The SMILES string of the molecule is COc1cc(C(C)O)ccc1OCc1cncn1C. The number of methoxy groups -OCH3 is 1. The molecule has 1 aromatic heterocycles. The second kappa shape index (κ2) is 5.75. The van der Waals surface area contributed by atoms with Gasteiger partial charge in [-0.15, -0.1) is 0 Å². The zero-order chi connectivity index (χ0) is 13.8. The predicted octanol–water partition coefficient (Wildman–Crippen LogP) is 2.06. The molecule has 19 heavy (non-hydrogen) atoms. The van der Waals surface area contributed by atoms with E-state index >= 15 is 0 Å². The Bertz CT molecular complexity index is 549. The van der Waals surface area contributed by atoms with Gasteiger partial charge in [0.05, 0.1) is 31.4 Å². The van der Waals surface area contributed by atoms with E-state index in [1.165, 1.54) is 0 Å². The number of nitrogens with zero attached hydrogens (tertiary/aromatic N) is 2. The lowest BCUT2D eigenvalue weighted by Gasteiger charge is -2.13. The molecular formula is C14H18N2O3. The summed E-state index contributed by atoms with van der Waals surface area (Å²) in [5.74, 6) is 1.26. The van der Waals surface area contributed by atoms with Gasteiger partial charge in [-0.3, -0.25) is 0 Å². The van der Waals surface area contributed by atoms with Crippen molar-refractivity contribution >= 4 is 0 Å². The predicted molar refractivity (Wildman–Crippen MR) is 71.2 cm³/mol. The number of hydrogen-bond donors (Lipinski definition) is 1. The van der Waals surface area contributed by atoms with E-state index in [0.29, 0.717) is 18.1 Å². The summed E-state index contributed by atoms with van der Waals surface area (Å²) < 4.78 is 12.9. The molecule has 0 aliphatic carbocycles. The van der Waals surface area contributed by atoms with Crippen LogP contribution < -0.4 is 9.47 Å². The quantitative estimate of drug-likeness (QED) is 0.896. The van der Waals surface area contributed by atoms with Gasteiger partial charge in [0.25, 0.3) is 0 Å². The van der Waals surface area contributed by atoms with Crippen LogP contribution >= 0.6 is 0 Å². The van der Waals surface area contributed by atoms with Crippen LogP contribution in [0.5, 0.6) is 11.5 Å². The van der Waals surface area contributed by atoms with Crippen molar-refractivity contribution in [3.8, 4) is 11.5 Å². The molecule has 0 aliphatic heterocycles. The Morgan fingerprint density at radius 1 is 1.37 bits per heavy atom. The van der Waals surface area contributed by atoms with Crippen molar-refractivity contribution in [2.24, 2.45) is 7.05 Å². The van der Waals surface area contributed by atoms with Crippen molar-refractivity contribution in [1.82, 2.24) is 9.55 Å². The minimum atomic E-state index is -0.528. The second-order valence-corrected chi connectivity index (χ2v) is 4.37. The molecule has 2 aromatic rings. The maximum atomic E-state index is 9.54. The van der Waals surface area contributed by atoms with Crippen LogP contribution in [0.2, 0.25) is 0 Å². The van der Waals surface area contributed by atoms with Gasteiger partial charge < -0.3 is 19.1 Å². The van der Waals surface area contributed by atoms with Gasteiger partial charge in [0.2, 0.25) is 0 Å². The largest absolute Gasteiger partial charge is 0.493 e. The number of imidazole rings is 1. The van der Waals surface area contributed by atoms with E-state index in [1.807, 2.05) is 17.7 Å². The number of aliphatic hydroxyl groups excluding tert-OH is 1. The van der Waals surface area contributed by atoms with E-state index in [4.69, 9.17) is 9.47 Å². The zero-order valence-corrected chi connectivity index (χ0v) is 11.3. The van der Waals surface area contributed by atoms with Gasteiger partial charge in [0.1, 0.15) is 6.61 Å². The van der Waals surface area contributed by atoms with Crippen molar-refractivity contribution < 1.29 is 14.6 Å². The molecule has 1 heterocycles. The van der Waals surface area contributed by atoms with E-state index in [2.05, 4.69) is 4.98 Å². The van der Waals surface area contributed by atoms with E-state index in [0.717, 1.165) is 11.3 Å². The first-order valence-corrected chi connectivity index (χ1v) is 6.06. The van der Waals surface area contributed by atoms with E-state index in [1.54, 1.807) is 38.7 Å². The van der Waals surface area contributed by atoms with Crippen LogP contribution in [0.1, 0.15) is 24.3 Å². The average molecular weight is 262 g/mol. The smallest absolute Gasteiger partial charge is 0.161 e. The third kappa shape index (κ3) is 3.06. The third-order valence-electron chi connectivity index (χ3n) is 2.96. The minimum Gasteiger partial charge on any atom is -0.493 e. The summed E-state index contributed by atoms with van der Waals surface area (Å²) in [6, 6.07) is 5.41. The molecule has 0 fully saturated rings. The molecule has 0 saturated heterocycles. The fourth-order valence-electron chi connectivity index (χ4n) is 1.74. The first kappa shape index (κ1) is 13.4. The highest BCUT2D eigenvalue weighted by Gasteiger charge is 2.09. The molecule has 5 nitrogen and oxygen atoms in total. The fourth-order valence-corrected chi connectivity index (χ4v) is 1.74. The molecular weight excluding hydrogens is 244 g/mol. The molecule has 0 radical (unpaired) electrons. The first-order chi connectivity index (χ1) is 9.11. The molecule has 0 aliphatic rings. The standard InChI is InChI=1S/C14H18N2O3/c1-10(17)11-4-5-13(14(6-11)18-3)19-8-12-7-15-9-16(12)2/h4-7,9-10,17H,8H2,1-3H3. The lowest BCUT2D eigenvalue weighted by molar-refractivity contribution is 0.198. The Balaban J connectivity index is 2.14. The van der Waals surface area contributed by atoms with Crippen LogP contribution in [0.25, 0.3) is 0 Å². The van der Waals surface area contributed by atoms with Crippen molar-refractivity contribution in [3.63, 3.8) is 0 Å². The maximum Gasteiger partial charge on any atom is 0.161 e. The molecule has 102 valence electrons. The Morgan fingerprint density at radius 2 is 2.16 bits per heavy atom. The third-order valence-corrected chi connectivity index (χ3v) is 2.96. The zero-order valence-electron chi connectivity index (χ0n) is 11.3. The summed E-state index contributed by atoms with van der Waals surface area (Å²) in [5, 5.41) is 9.54. The summed E-state index contributed by atoms with van der Waals surface area (Å²) in [5.41, 5.74) is 1.77. The molecule has 0 spiro atoms. The highest BCUT2D eigenvalue weighted by atomic mass is 16.5. The molecule has 1 N–H and O–H groups in total. The number of aromatic nitrogens is 2. The molecule has 2 rings (SSSR count).